The minimum absolute atomic E-state index is 0.0218. The van der Waals surface area contributed by atoms with E-state index < -0.39 is 0 Å². The van der Waals surface area contributed by atoms with Gasteiger partial charge in [0.25, 0.3) is 0 Å². The first-order valence-corrected chi connectivity index (χ1v) is 11.3. The average Bonchev–Trinajstić information content (AvgIpc) is 3.16. The van der Waals surface area contributed by atoms with E-state index in [4.69, 9.17) is 5.10 Å². The summed E-state index contributed by atoms with van der Waals surface area (Å²) in [7, 11) is 0. The maximum Gasteiger partial charge on any atom is 0.241 e. The summed E-state index contributed by atoms with van der Waals surface area (Å²) in [6, 6.07) is 19.0. The molecule has 5 nitrogen and oxygen atoms in total. The second kappa shape index (κ2) is 9.90. The molecule has 2 heterocycles. The zero-order valence-electron chi connectivity index (χ0n) is 17.9. The van der Waals surface area contributed by atoms with Crippen LogP contribution in [-0.2, 0) is 11.3 Å². The molecule has 1 aromatic heterocycles. The monoisotopic (exact) mass is 404 g/mol. The van der Waals surface area contributed by atoms with Crippen molar-refractivity contribution in [1.29, 1.82) is 0 Å². The topological polar surface area (TPSA) is 50.2 Å². The Kier molecular flexibility index (Phi) is 6.80. The number of likely N-dealkylation sites (tertiary alicyclic amines) is 1. The van der Waals surface area contributed by atoms with Crippen molar-refractivity contribution in [3.05, 3.63) is 54.6 Å². The van der Waals surface area contributed by atoms with Crippen LogP contribution in [0.1, 0.15) is 39.0 Å². The van der Waals surface area contributed by atoms with Crippen molar-refractivity contribution in [2.24, 2.45) is 0 Å². The van der Waals surface area contributed by atoms with E-state index in [2.05, 4.69) is 35.3 Å². The molecule has 30 heavy (non-hydrogen) atoms. The number of rotatable bonds is 8. The Morgan fingerprint density at radius 1 is 1.10 bits per heavy atom. The molecule has 1 aliphatic heterocycles. The fraction of sp³-hybridized carbons (Fsp3) is 0.440. The van der Waals surface area contributed by atoms with E-state index >= 15 is 0 Å². The fourth-order valence-corrected chi connectivity index (χ4v) is 4.58. The number of hydrogen-bond acceptors (Lipinski definition) is 3. The molecule has 5 heteroatoms. The van der Waals surface area contributed by atoms with Crippen molar-refractivity contribution in [1.82, 2.24) is 20.0 Å². The lowest BCUT2D eigenvalue weighted by Gasteiger charge is -2.35. The number of carbonyl (C=O) groups excluding carboxylic acids is 1. The number of aromatic nitrogens is 2. The zero-order valence-corrected chi connectivity index (χ0v) is 17.9. The van der Waals surface area contributed by atoms with E-state index in [1.807, 2.05) is 41.1 Å². The number of benzene rings is 2. The lowest BCUT2D eigenvalue weighted by atomic mass is 10.00. The Morgan fingerprint density at radius 3 is 2.73 bits per heavy atom. The summed E-state index contributed by atoms with van der Waals surface area (Å²) in [5.74, 6) is 0.0218. The van der Waals surface area contributed by atoms with E-state index in [-0.39, 0.29) is 12.5 Å². The summed E-state index contributed by atoms with van der Waals surface area (Å²) in [5, 5.41) is 8.94. The highest BCUT2D eigenvalue weighted by atomic mass is 16.2. The number of carbonyl (C=O) groups is 1. The van der Waals surface area contributed by atoms with Crippen LogP contribution in [0.5, 0.6) is 0 Å². The Hall–Kier alpha value is -2.66. The maximum absolute atomic E-state index is 12.6. The van der Waals surface area contributed by atoms with Crippen LogP contribution in [0.15, 0.2) is 54.6 Å². The molecule has 1 fully saturated rings. The fourth-order valence-electron chi connectivity index (χ4n) is 4.58. The third-order valence-electron chi connectivity index (χ3n) is 6.16. The first-order valence-electron chi connectivity index (χ1n) is 11.3. The van der Waals surface area contributed by atoms with Gasteiger partial charge in [-0.1, -0.05) is 61.9 Å². The molecule has 1 atom stereocenters. The quantitative estimate of drug-likeness (QED) is 0.564. The minimum Gasteiger partial charge on any atom is -0.354 e. The second-order valence-electron chi connectivity index (χ2n) is 8.19. The number of nitrogens with one attached hydrogen (secondary N) is 1. The van der Waals surface area contributed by atoms with Gasteiger partial charge in [0, 0.05) is 30.1 Å². The number of para-hydroxylation sites is 1. The Labute approximate surface area is 179 Å². The summed E-state index contributed by atoms with van der Waals surface area (Å²) < 4.78 is 1.82. The molecule has 0 bridgehead atoms. The number of hydrogen-bond donors (Lipinski definition) is 1. The van der Waals surface area contributed by atoms with Crippen molar-refractivity contribution in [2.45, 2.75) is 51.6 Å². The van der Waals surface area contributed by atoms with Crippen LogP contribution in [0.25, 0.3) is 22.2 Å². The molecule has 1 N–H and O–H groups in total. The van der Waals surface area contributed by atoms with Gasteiger partial charge < -0.3 is 10.2 Å². The van der Waals surface area contributed by atoms with Gasteiger partial charge in [-0.3, -0.25) is 9.48 Å². The molecule has 0 radical (unpaired) electrons. The molecule has 1 saturated heterocycles. The van der Waals surface area contributed by atoms with Gasteiger partial charge in [0.15, 0.2) is 0 Å². The van der Waals surface area contributed by atoms with E-state index in [0.29, 0.717) is 0 Å². The second-order valence-corrected chi connectivity index (χ2v) is 8.19. The van der Waals surface area contributed by atoms with Gasteiger partial charge in [-0.05, 0) is 38.3 Å². The molecular formula is C25H32N4O. The molecule has 1 amide bonds. The molecular weight excluding hydrogens is 372 g/mol. The molecule has 3 aromatic rings. The van der Waals surface area contributed by atoms with E-state index in [1.54, 1.807) is 0 Å². The van der Waals surface area contributed by atoms with E-state index in [1.165, 1.54) is 32.2 Å². The van der Waals surface area contributed by atoms with Gasteiger partial charge in [0.05, 0.1) is 5.52 Å². The molecule has 0 spiro atoms. The van der Waals surface area contributed by atoms with Crippen molar-refractivity contribution in [2.75, 3.05) is 19.6 Å². The molecule has 2 aromatic carbocycles. The highest BCUT2D eigenvalue weighted by Crippen LogP contribution is 2.27. The molecule has 0 saturated carbocycles. The number of piperidine rings is 1. The molecule has 0 aliphatic carbocycles. The third-order valence-corrected chi connectivity index (χ3v) is 6.16. The smallest absolute Gasteiger partial charge is 0.241 e. The van der Waals surface area contributed by atoms with E-state index in [0.717, 1.165) is 47.7 Å². The molecule has 4 rings (SSSR count). The van der Waals surface area contributed by atoms with Gasteiger partial charge in [0.1, 0.15) is 12.2 Å². The number of nitrogens with zero attached hydrogens (tertiary/aromatic N) is 3. The van der Waals surface area contributed by atoms with E-state index in [9.17, 15) is 4.79 Å². The Morgan fingerprint density at radius 2 is 1.90 bits per heavy atom. The van der Waals surface area contributed by atoms with Crippen LogP contribution < -0.4 is 5.32 Å². The summed E-state index contributed by atoms with van der Waals surface area (Å²) in [5.41, 5.74) is 2.99. The average molecular weight is 405 g/mol. The van der Waals surface area contributed by atoms with Crippen LogP contribution in [0.3, 0.4) is 0 Å². The predicted molar refractivity (Wildman–Crippen MR) is 122 cm³/mol. The van der Waals surface area contributed by atoms with Crippen molar-refractivity contribution in [3.63, 3.8) is 0 Å². The van der Waals surface area contributed by atoms with Gasteiger partial charge >= 0.3 is 0 Å². The SMILES string of the molecule is CCC1CCCCN1CCCNC(=O)Cn1nc(-c2ccccc2)c2ccccc21. The first kappa shape index (κ1) is 20.6. The molecule has 1 unspecified atom stereocenters. The van der Waals surface area contributed by atoms with Gasteiger partial charge in [0.2, 0.25) is 5.91 Å². The van der Waals surface area contributed by atoms with Crippen LogP contribution in [-0.4, -0.2) is 46.3 Å². The molecule has 158 valence electrons. The van der Waals surface area contributed by atoms with Crippen LogP contribution in [0, 0.1) is 0 Å². The summed E-state index contributed by atoms with van der Waals surface area (Å²) >= 11 is 0. The third kappa shape index (κ3) is 4.73. The minimum atomic E-state index is 0.0218. The summed E-state index contributed by atoms with van der Waals surface area (Å²) in [4.78, 5) is 15.2. The van der Waals surface area contributed by atoms with Gasteiger partial charge in [-0.15, -0.1) is 0 Å². The first-order chi connectivity index (χ1) is 14.8. The van der Waals surface area contributed by atoms with Crippen molar-refractivity contribution in [3.8, 4) is 11.3 Å². The zero-order chi connectivity index (χ0) is 20.8. The van der Waals surface area contributed by atoms with Crippen LogP contribution in [0.4, 0.5) is 0 Å². The largest absolute Gasteiger partial charge is 0.354 e. The molecule has 1 aliphatic rings. The maximum atomic E-state index is 12.6. The van der Waals surface area contributed by atoms with Gasteiger partial charge in [-0.2, -0.15) is 5.10 Å². The predicted octanol–water partition coefficient (Wildman–Crippen LogP) is 4.47. The summed E-state index contributed by atoms with van der Waals surface area (Å²) in [6.07, 6.45) is 6.20. The standard InChI is InChI=1S/C25H32N4O/c1-2-21-13-8-9-17-28(21)18-10-16-26-24(30)19-29-23-15-7-6-14-22(23)25(27-29)20-11-4-3-5-12-20/h3-7,11-12,14-15,21H,2,8-10,13,16-19H2,1H3,(H,26,30). The number of fused-ring (bicyclic) bond motifs is 1. The number of amides is 1. The van der Waals surface area contributed by atoms with Crippen molar-refractivity contribution < 1.29 is 4.79 Å². The van der Waals surface area contributed by atoms with Crippen LogP contribution >= 0.6 is 0 Å². The normalized spacial score (nSPS) is 17.3. The highest BCUT2D eigenvalue weighted by molar-refractivity contribution is 5.94. The van der Waals surface area contributed by atoms with Crippen LogP contribution in [0.2, 0.25) is 0 Å². The van der Waals surface area contributed by atoms with Gasteiger partial charge in [-0.25, -0.2) is 0 Å². The highest BCUT2D eigenvalue weighted by Gasteiger charge is 2.20. The lowest BCUT2D eigenvalue weighted by Crippen LogP contribution is -2.40. The Bertz CT molecular complexity index is 966. The van der Waals surface area contributed by atoms with Crippen molar-refractivity contribution >= 4 is 16.8 Å². The lowest BCUT2D eigenvalue weighted by molar-refractivity contribution is -0.121. The summed E-state index contributed by atoms with van der Waals surface area (Å²) in [6.45, 7) is 5.52. The Balaban J connectivity index is 1.36.